The fourth-order valence-corrected chi connectivity index (χ4v) is 3.24. The zero-order valence-corrected chi connectivity index (χ0v) is 15.0. The molecule has 0 radical (unpaired) electrons. The van der Waals surface area contributed by atoms with Crippen LogP contribution in [0.5, 0.6) is 11.5 Å². The number of benzene rings is 1. The maximum atomic E-state index is 12.8. The van der Waals surface area contributed by atoms with Gasteiger partial charge in [-0.1, -0.05) is 6.07 Å². The maximum Gasteiger partial charge on any atom is 0.255 e. The van der Waals surface area contributed by atoms with Crippen molar-refractivity contribution in [2.45, 2.75) is 32.0 Å². The van der Waals surface area contributed by atoms with Crippen molar-refractivity contribution >= 4 is 5.91 Å². The summed E-state index contributed by atoms with van der Waals surface area (Å²) in [4.78, 5) is 22.4. The van der Waals surface area contributed by atoms with Gasteiger partial charge in [-0.05, 0) is 49.2 Å². The van der Waals surface area contributed by atoms with E-state index < -0.39 is 11.6 Å². The largest absolute Gasteiger partial charge is 0.456 e. The first-order valence-electron chi connectivity index (χ1n) is 8.56. The van der Waals surface area contributed by atoms with Crippen LogP contribution in [0.3, 0.4) is 0 Å². The first-order valence-corrected chi connectivity index (χ1v) is 8.56. The van der Waals surface area contributed by atoms with Crippen molar-refractivity contribution in [2.75, 3.05) is 0 Å². The molecule has 1 aromatic carbocycles. The van der Waals surface area contributed by atoms with Crippen LogP contribution in [0.25, 0.3) is 0 Å². The Hall–Kier alpha value is -3.19. The Morgan fingerprint density at radius 3 is 2.78 bits per heavy atom. The molecule has 3 heterocycles. The van der Waals surface area contributed by atoms with Gasteiger partial charge in [0, 0.05) is 12.7 Å². The van der Waals surface area contributed by atoms with E-state index in [9.17, 15) is 9.90 Å². The van der Waals surface area contributed by atoms with Crippen LogP contribution in [0.2, 0.25) is 0 Å². The lowest BCUT2D eigenvalue weighted by Crippen LogP contribution is -2.44. The van der Waals surface area contributed by atoms with E-state index in [-0.39, 0.29) is 5.91 Å². The number of carbonyl (C=O) groups is 1. The number of carbonyl (C=O) groups excluding carboxylic acids is 1. The zero-order valence-electron chi connectivity index (χ0n) is 15.0. The molecule has 1 atom stereocenters. The molecule has 7 nitrogen and oxygen atoms in total. The Labute approximate surface area is 156 Å². The monoisotopic (exact) mass is 365 g/mol. The number of aliphatic hydroxyl groups is 1. The van der Waals surface area contributed by atoms with Gasteiger partial charge in [-0.25, -0.2) is 4.98 Å². The van der Waals surface area contributed by atoms with E-state index in [1.165, 1.54) is 20.2 Å². The van der Waals surface area contributed by atoms with Crippen LogP contribution in [-0.2, 0) is 11.3 Å². The number of rotatable bonds is 4. The summed E-state index contributed by atoms with van der Waals surface area (Å²) >= 11 is 0. The Bertz CT molecular complexity index is 949. The first-order chi connectivity index (χ1) is 12.9. The van der Waals surface area contributed by atoms with E-state index in [0.29, 0.717) is 23.8 Å². The Morgan fingerprint density at radius 2 is 2.11 bits per heavy atom. The molecule has 4 rings (SSSR count). The molecule has 1 unspecified atom stereocenters. The van der Waals surface area contributed by atoms with E-state index in [1.54, 1.807) is 29.6 Å². The second kappa shape index (κ2) is 6.51. The SMILES string of the molecule is CC(C)(O)C(=O)N1Cc2cc(Oc3cccnc3)ccc2C1c1cnco1. The third kappa shape index (κ3) is 3.29. The highest BCUT2D eigenvalue weighted by molar-refractivity contribution is 5.85. The first kappa shape index (κ1) is 17.2. The van der Waals surface area contributed by atoms with Crippen LogP contribution >= 0.6 is 0 Å². The standard InChI is InChI=1S/C20H19N3O4/c1-20(2,25)19(24)23-11-13-8-14(27-15-4-3-7-21-9-15)5-6-16(13)18(23)17-10-22-12-26-17/h3-10,12,18,25H,11H2,1-2H3. The highest BCUT2D eigenvalue weighted by Gasteiger charge is 2.41. The van der Waals surface area contributed by atoms with Crippen molar-refractivity contribution in [3.63, 3.8) is 0 Å². The van der Waals surface area contributed by atoms with E-state index in [0.717, 1.165) is 11.1 Å². The van der Waals surface area contributed by atoms with Crippen molar-refractivity contribution in [3.05, 3.63) is 72.2 Å². The predicted molar refractivity (Wildman–Crippen MR) is 95.9 cm³/mol. The van der Waals surface area contributed by atoms with Crippen LogP contribution in [0, 0.1) is 0 Å². The summed E-state index contributed by atoms with van der Waals surface area (Å²) in [5.74, 6) is 1.45. The van der Waals surface area contributed by atoms with Crippen molar-refractivity contribution < 1.29 is 19.1 Å². The fraction of sp³-hybridized carbons (Fsp3) is 0.250. The molecule has 1 N–H and O–H groups in total. The van der Waals surface area contributed by atoms with E-state index in [2.05, 4.69) is 9.97 Å². The van der Waals surface area contributed by atoms with Gasteiger partial charge in [-0.15, -0.1) is 0 Å². The Kier molecular flexibility index (Phi) is 4.16. The third-order valence-electron chi connectivity index (χ3n) is 4.44. The predicted octanol–water partition coefficient (Wildman–Crippen LogP) is 3.06. The molecule has 0 saturated carbocycles. The molecule has 0 saturated heterocycles. The lowest BCUT2D eigenvalue weighted by atomic mass is 10.0. The number of hydrogen-bond acceptors (Lipinski definition) is 6. The van der Waals surface area contributed by atoms with Gasteiger partial charge >= 0.3 is 0 Å². The second-order valence-corrected chi connectivity index (χ2v) is 6.95. The van der Waals surface area contributed by atoms with E-state index in [4.69, 9.17) is 9.15 Å². The number of pyridine rings is 1. The Morgan fingerprint density at radius 1 is 1.26 bits per heavy atom. The number of amides is 1. The van der Waals surface area contributed by atoms with Gasteiger partial charge in [0.05, 0.1) is 12.4 Å². The summed E-state index contributed by atoms with van der Waals surface area (Å²) in [5.41, 5.74) is 0.355. The highest BCUT2D eigenvalue weighted by Crippen LogP contribution is 2.41. The molecule has 0 fully saturated rings. The molecule has 3 aromatic rings. The molecule has 2 aromatic heterocycles. The van der Waals surface area contributed by atoms with Crippen LogP contribution in [0.15, 0.2) is 59.7 Å². The smallest absolute Gasteiger partial charge is 0.255 e. The maximum absolute atomic E-state index is 12.8. The van der Waals surface area contributed by atoms with Gasteiger partial charge in [-0.2, -0.15) is 0 Å². The van der Waals surface area contributed by atoms with Crippen LogP contribution in [0.4, 0.5) is 0 Å². The summed E-state index contributed by atoms with van der Waals surface area (Å²) < 4.78 is 11.3. The topological polar surface area (TPSA) is 88.7 Å². The highest BCUT2D eigenvalue weighted by atomic mass is 16.5. The van der Waals surface area contributed by atoms with Gasteiger partial charge < -0.3 is 19.2 Å². The van der Waals surface area contributed by atoms with Crippen molar-refractivity contribution in [2.24, 2.45) is 0 Å². The summed E-state index contributed by atoms with van der Waals surface area (Å²) in [6, 6.07) is 8.82. The molecule has 0 spiro atoms. The summed E-state index contributed by atoms with van der Waals surface area (Å²) in [5, 5.41) is 10.2. The van der Waals surface area contributed by atoms with Gasteiger partial charge in [0.2, 0.25) is 0 Å². The normalized spacial score (nSPS) is 16.3. The minimum absolute atomic E-state index is 0.341. The zero-order chi connectivity index (χ0) is 19.0. The molecule has 7 heteroatoms. The van der Waals surface area contributed by atoms with Crippen molar-refractivity contribution in [1.82, 2.24) is 14.9 Å². The van der Waals surface area contributed by atoms with Crippen molar-refractivity contribution in [3.8, 4) is 11.5 Å². The van der Waals surface area contributed by atoms with Crippen LogP contribution in [-0.4, -0.2) is 31.5 Å². The minimum atomic E-state index is -1.49. The molecule has 1 amide bonds. The summed E-state index contributed by atoms with van der Waals surface area (Å²) in [6.07, 6.45) is 6.23. The van der Waals surface area contributed by atoms with Gasteiger partial charge in [0.1, 0.15) is 23.1 Å². The number of fused-ring (bicyclic) bond motifs is 1. The van der Waals surface area contributed by atoms with Crippen molar-refractivity contribution in [1.29, 1.82) is 0 Å². The number of nitrogens with zero attached hydrogens (tertiary/aromatic N) is 3. The molecule has 27 heavy (non-hydrogen) atoms. The average molecular weight is 365 g/mol. The summed E-state index contributed by atoms with van der Waals surface area (Å²) in [6.45, 7) is 3.30. The number of ether oxygens (including phenoxy) is 1. The van der Waals surface area contributed by atoms with Crippen LogP contribution in [0.1, 0.15) is 36.8 Å². The van der Waals surface area contributed by atoms with E-state index in [1.807, 2.05) is 24.3 Å². The summed E-state index contributed by atoms with van der Waals surface area (Å²) in [7, 11) is 0. The Balaban J connectivity index is 1.70. The number of hydrogen-bond donors (Lipinski definition) is 1. The fourth-order valence-electron chi connectivity index (χ4n) is 3.24. The van der Waals surface area contributed by atoms with Crippen LogP contribution < -0.4 is 4.74 Å². The molecule has 0 bridgehead atoms. The molecule has 0 aliphatic carbocycles. The van der Waals surface area contributed by atoms with Gasteiger partial charge in [0.15, 0.2) is 12.2 Å². The third-order valence-corrected chi connectivity index (χ3v) is 4.44. The lowest BCUT2D eigenvalue weighted by Gasteiger charge is -2.29. The lowest BCUT2D eigenvalue weighted by molar-refractivity contribution is -0.150. The van der Waals surface area contributed by atoms with Gasteiger partial charge in [0.25, 0.3) is 5.91 Å². The van der Waals surface area contributed by atoms with E-state index >= 15 is 0 Å². The second-order valence-electron chi connectivity index (χ2n) is 6.95. The molecular weight excluding hydrogens is 346 g/mol. The quantitative estimate of drug-likeness (QED) is 0.764. The number of oxazole rings is 1. The molecule has 1 aliphatic heterocycles. The molecule has 138 valence electrons. The number of aromatic nitrogens is 2. The molecular formula is C20H19N3O4. The molecule has 1 aliphatic rings. The minimum Gasteiger partial charge on any atom is -0.456 e. The average Bonchev–Trinajstić information content (AvgIpc) is 3.28. The van der Waals surface area contributed by atoms with Gasteiger partial charge in [-0.3, -0.25) is 9.78 Å².